The van der Waals surface area contributed by atoms with Gasteiger partial charge in [-0.3, -0.25) is 8.98 Å². The highest BCUT2D eigenvalue weighted by Gasteiger charge is 2.43. The molecule has 0 spiro atoms. The van der Waals surface area contributed by atoms with Gasteiger partial charge in [0, 0.05) is 6.54 Å². The Hall–Kier alpha value is -1.40. The lowest BCUT2D eigenvalue weighted by Crippen LogP contribution is -2.36. The molecule has 1 N–H and O–H groups in total. The summed E-state index contributed by atoms with van der Waals surface area (Å²) in [6, 6.07) is 9.42. The minimum atomic E-state index is -3.47. The Bertz CT molecular complexity index is 555. The molecule has 0 aliphatic carbocycles. The number of nitrogens with one attached hydrogen (secondary N) is 1. The van der Waals surface area contributed by atoms with Crippen molar-refractivity contribution in [3.8, 4) is 0 Å². The first-order valence-corrected chi connectivity index (χ1v) is 7.94. The van der Waals surface area contributed by atoms with Crippen molar-refractivity contribution in [2.24, 2.45) is 0 Å². The molecule has 104 valence electrons. The molecule has 0 bridgehead atoms. The molecule has 5 nitrogen and oxygen atoms in total. The monoisotopic (exact) mass is 283 g/mol. The summed E-state index contributed by atoms with van der Waals surface area (Å²) in [5.41, 5.74) is 0.230. The predicted molar refractivity (Wildman–Crippen MR) is 71.2 cm³/mol. The van der Waals surface area contributed by atoms with Crippen LogP contribution in [0.25, 0.3) is 0 Å². The Balaban J connectivity index is 2.20. The Kier molecular flexibility index (Phi) is 3.91. The third-order valence-corrected chi connectivity index (χ3v) is 4.02. The van der Waals surface area contributed by atoms with Crippen LogP contribution in [0.2, 0.25) is 0 Å². The van der Waals surface area contributed by atoms with E-state index in [1.54, 1.807) is 0 Å². The molecule has 1 saturated heterocycles. The van der Waals surface area contributed by atoms with Crippen LogP contribution in [0, 0.1) is 0 Å². The average Bonchev–Trinajstić information content (AvgIpc) is 2.72. The summed E-state index contributed by atoms with van der Waals surface area (Å²) in [6.45, 7) is 0.619. The average molecular weight is 283 g/mol. The van der Waals surface area contributed by atoms with Crippen LogP contribution >= 0.6 is 0 Å². The van der Waals surface area contributed by atoms with Gasteiger partial charge in [-0.05, 0) is 18.4 Å². The van der Waals surface area contributed by atoms with Crippen molar-refractivity contribution >= 4 is 16.0 Å². The van der Waals surface area contributed by atoms with Crippen LogP contribution in [0.15, 0.2) is 30.3 Å². The lowest BCUT2D eigenvalue weighted by atomic mass is 9.76. The smallest absolute Gasteiger partial charge is 0.264 e. The maximum Gasteiger partial charge on any atom is 0.264 e. The number of hydrogen-bond donors (Lipinski definition) is 1. The van der Waals surface area contributed by atoms with E-state index in [2.05, 4.69) is 5.32 Å². The van der Waals surface area contributed by atoms with Gasteiger partial charge in [-0.25, -0.2) is 0 Å². The van der Waals surface area contributed by atoms with Crippen LogP contribution in [0.3, 0.4) is 0 Å². The van der Waals surface area contributed by atoms with Gasteiger partial charge in [0.1, 0.15) is 0 Å². The van der Waals surface area contributed by atoms with E-state index in [0.29, 0.717) is 19.4 Å². The zero-order chi connectivity index (χ0) is 13.9. The van der Waals surface area contributed by atoms with Crippen LogP contribution < -0.4 is 5.32 Å². The molecule has 0 radical (unpaired) electrons. The van der Waals surface area contributed by atoms with Crippen LogP contribution in [0.5, 0.6) is 0 Å². The molecule has 0 aromatic heterocycles. The molecule has 6 heteroatoms. The summed E-state index contributed by atoms with van der Waals surface area (Å²) in [5.74, 6) is -0.0594. The summed E-state index contributed by atoms with van der Waals surface area (Å²) in [5, 5.41) is 2.81. The second kappa shape index (κ2) is 5.30. The quantitative estimate of drug-likeness (QED) is 0.812. The highest BCUT2D eigenvalue weighted by atomic mass is 32.2. The lowest BCUT2D eigenvalue weighted by Gasteiger charge is -2.26. The Morgan fingerprint density at radius 1 is 1.32 bits per heavy atom. The number of rotatable bonds is 5. The fourth-order valence-electron chi connectivity index (χ4n) is 2.45. The number of hydrogen-bond acceptors (Lipinski definition) is 4. The zero-order valence-corrected chi connectivity index (χ0v) is 11.6. The molecular weight excluding hydrogens is 266 g/mol. The SMILES string of the molecule is CS(=O)(=O)OCCC1(c2ccccc2)CCNC1=O. The van der Waals surface area contributed by atoms with Crippen LogP contribution in [-0.2, 0) is 24.5 Å². The summed E-state index contributed by atoms with van der Waals surface area (Å²) < 4.78 is 26.8. The number of carbonyl (C=O) groups is 1. The van der Waals surface area contributed by atoms with Crippen molar-refractivity contribution in [1.29, 1.82) is 0 Å². The minimum Gasteiger partial charge on any atom is -0.355 e. The van der Waals surface area contributed by atoms with Gasteiger partial charge in [-0.2, -0.15) is 8.42 Å². The second-order valence-corrected chi connectivity index (χ2v) is 6.37. The molecule has 1 fully saturated rings. The first-order chi connectivity index (χ1) is 8.94. The van der Waals surface area contributed by atoms with Crippen LogP contribution in [0.1, 0.15) is 18.4 Å². The third-order valence-electron chi connectivity index (χ3n) is 3.42. The van der Waals surface area contributed by atoms with Gasteiger partial charge in [-0.1, -0.05) is 30.3 Å². The minimum absolute atomic E-state index is 0.0150. The van der Waals surface area contributed by atoms with E-state index in [4.69, 9.17) is 4.18 Å². The van der Waals surface area contributed by atoms with E-state index in [1.165, 1.54) is 0 Å². The fourth-order valence-corrected chi connectivity index (χ4v) is 2.84. The third kappa shape index (κ3) is 3.13. The van der Waals surface area contributed by atoms with Crippen molar-refractivity contribution in [3.05, 3.63) is 35.9 Å². The van der Waals surface area contributed by atoms with Crippen molar-refractivity contribution < 1.29 is 17.4 Å². The molecule has 1 aromatic carbocycles. The first kappa shape index (κ1) is 14.0. The number of benzene rings is 1. The normalized spacial score (nSPS) is 23.3. The molecule has 1 aromatic rings. The zero-order valence-electron chi connectivity index (χ0n) is 10.8. The van der Waals surface area contributed by atoms with E-state index in [-0.39, 0.29) is 12.5 Å². The summed E-state index contributed by atoms with van der Waals surface area (Å²) in [4.78, 5) is 12.1. The molecule has 1 atom stereocenters. The highest BCUT2D eigenvalue weighted by molar-refractivity contribution is 7.85. The predicted octanol–water partition coefficient (Wildman–Crippen LogP) is 0.811. The fraction of sp³-hybridized carbons (Fsp3) is 0.462. The molecular formula is C13H17NO4S. The van der Waals surface area contributed by atoms with E-state index in [0.717, 1.165) is 11.8 Å². The largest absolute Gasteiger partial charge is 0.355 e. The molecule has 1 amide bonds. The highest BCUT2D eigenvalue weighted by Crippen LogP contribution is 2.35. The number of amides is 1. The maximum absolute atomic E-state index is 12.1. The van der Waals surface area contributed by atoms with E-state index in [9.17, 15) is 13.2 Å². The van der Waals surface area contributed by atoms with Crippen molar-refractivity contribution in [3.63, 3.8) is 0 Å². The van der Waals surface area contributed by atoms with E-state index < -0.39 is 15.5 Å². The van der Waals surface area contributed by atoms with Gasteiger partial charge < -0.3 is 5.32 Å². The molecule has 1 unspecified atom stereocenters. The molecule has 1 aliphatic heterocycles. The Morgan fingerprint density at radius 2 is 2.00 bits per heavy atom. The topological polar surface area (TPSA) is 72.5 Å². The van der Waals surface area contributed by atoms with Crippen LogP contribution in [0.4, 0.5) is 0 Å². The van der Waals surface area contributed by atoms with Gasteiger partial charge in [-0.15, -0.1) is 0 Å². The Labute approximate surface area is 113 Å². The van der Waals surface area contributed by atoms with E-state index in [1.807, 2.05) is 30.3 Å². The lowest BCUT2D eigenvalue weighted by molar-refractivity contribution is -0.124. The van der Waals surface area contributed by atoms with Gasteiger partial charge in [0.05, 0.1) is 18.3 Å². The van der Waals surface area contributed by atoms with Crippen molar-refractivity contribution in [2.75, 3.05) is 19.4 Å². The standard InChI is InChI=1S/C13H17NO4S/c1-19(16,17)18-10-8-13(7-9-14-12(13)15)11-5-3-2-4-6-11/h2-6H,7-10H2,1H3,(H,14,15). The molecule has 1 heterocycles. The van der Waals surface area contributed by atoms with Gasteiger partial charge >= 0.3 is 0 Å². The molecule has 0 saturated carbocycles. The molecule has 19 heavy (non-hydrogen) atoms. The second-order valence-electron chi connectivity index (χ2n) is 4.73. The summed E-state index contributed by atoms with van der Waals surface area (Å²) in [6.07, 6.45) is 2.02. The van der Waals surface area contributed by atoms with Crippen molar-refractivity contribution in [2.45, 2.75) is 18.3 Å². The van der Waals surface area contributed by atoms with Gasteiger partial charge in [0.15, 0.2) is 0 Å². The van der Waals surface area contributed by atoms with Crippen LogP contribution in [-0.4, -0.2) is 33.7 Å². The molecule has 1 aliphatic rings. The maximum atomic E-state index is 12.1. The summed E-state index contributed by atoms with van der Waals surface area (Å²) >= 11 is 0. The molecule has 2 rings (SSSR count). The van der Waals surface area contributed by atoms with E-state index >= 15 is 0 Å². The van der Waals surface area contributed by atoms with Gasteiger partial charge in [0.25, 0.3) is 10.1 Å². The van der Waals surface area contributed by atoms with Crippen molar-refractivity contribution in [1.82, 2.24) is 5.32 Å². The first-order valence-electron chi connectivity index (χ1n) is 6.12. The number of carbonyl (C=O) groups excluding carboxylic acids is 1. The van der Waals surface area contributed by atoms with Gasteiger partial charge in [0.2, 0.25) is 5.91 Å². The Morgan fingerprint density at radius 3 is 2.53 bits per heavy atom. The summed E-state index contributed by atoms with van der Waals surface area (Å²) in [7, 11) is -3.47.